The molecule has 0 saturated carbocycles. The predicted molar refractivity (Wildman–Crippen MR) is 81.5 cm³/mol. The molecule has 22 heavy (non-hydrogen) atoms. The maximum Gasteiger partial charge on any atom is 0.260 e. The number of hydrogen-bond acceptors (Lipinski definition) is 4. The van der Waals surface area contributed by atoms with Crippen molar-refractivity contribution in [1.29, 1.82) is 0 Å². The van der Waals surface area contributed by atoms with E-state index in [2.05, 4.69) is 9.97 Å². The Bertz CT molecular complexity index is 701. The SMILES string of the molecule is O=S(=O)(c1cnc[nH]1)N1CCC[C@H]1C[C@H](O)c1ccccc1. The lowest BCUT2D eigenvalue weighted by molar-refractivity contribution is 0.142. The van der Waals surface area contributed by atoms with Crippen molar-refractivity contribution in [3.05, 3.63) is 48.4 Å². The fourth-order valence-electron chi connectivity index (χ4n) is 2.94. The molecule has 1 aliphatic heterocycles. The van der Waals surface area contributed by atoms with Crippen LogP contribution >= 0.6 is 0 Å². The number of benzene rings is 1. The average Bonchev–Trinajstić information content (AvgIpc) is 3.20. The molecule has 6 nitrogen and oxygen atoms in total. The maximum absolute atomic E-state index is 12.6. The van der Waals surface area contributed by atoms with Gasteiger partial charge in [-0.1, -0.05) is 30.3 Å². The fraction of sp³-hybridized carbons (Fsp3) is 0.400. The molecule has 2 atom stereocenters. The minimum Gasteiger partial charge on any atom is -0.388 e. The molecule has 0 aliphatic carbocycles. The molecule has 7 heteroatoms. The third kappa shape index (κ3) is 2.92. The lowest BCUT2D eigenvalue weighted by Crippen LogP contribution is -2.36. The first-order valence-electron chi connectivity index (χ1n) is 7.32. The van der Waals surface area contributed by atoms with Crippen LogP contribution in [0.15, 0.2) is 47.9 Å². The number of nitrogens with one attached hydrogen (secondary N) is 1. The largest absolute Gasteiger partial charge is 0.388 e. The summed E-state index contributed by atoms with van der Waals surface area (Å²) in [6.07, 6.45) is 3.98. The first kappa shape index (κ1) is 15.2. The van der Waals surface area contributed by atoms with Crippen molar-refractivity contribution in [3.8, 4) is 0 Å². The zero-order valence-electron chi connectivity index (χ0n) is 12.1. The molecule has 2 aromatic rings. The number of sulfonamides is 1. The number of hydrogen-bond donors (Lipinski definition) is 2. The number of H-pyrrole nitrogens is 1. The number of aromatic amines is 1. The second-order valence-electron chi connectivity index (χ2n) is 5.49. The van der Waals surface area contributed by atoms with Crippen LogP contribution in [-0.4, -0.2) is 40.4 Å². The van der Waals surface area contributed by atoms with Crippen molar-refractivity contribution in [2.45, 2.75) is 36.4 Å². The summed E-state index contributed by atoms with van der Waals surface area (Å²) in [5.74, 6) is 0. The summed E-state index contributed by atoms with van der Waals surface area (Å²) in [5.41, 5.74) is 0.813. The Morgan fingerprint density at radius 3 is 2.82 bits per heavy atom. The maximum atomic E-state index is 12.6. The number of aliphatic hydroxyl groups is 1. The minimum atomic E-state index is -3.57. The number of nitrogens with zero attached hydrogens (tertiary/aromatic N) is 2. The molecule has 2 N–H and O–H groups in total. The molecular weight excluding hydrogens is 302 g/mol. The average molecular weight is 321 g/mol. The van der Waals surface area contributed by atoms with E-state index < -0.39 is 16.1 Å². The lowest BCUT2D eigenvalue weighted by Gasteiger charge is -2.25. The standard InChI is InChI=1S/C15H19N3O3S/c19-14(12-5-2-1-3-6-12)9-13-7-4-8-18(13)22(20,21)15-10-16-11-17-15/h1-3,5-6,10-11,13-14,19H,4,7-9H2,(H,16,17)/t13-,14-/m0/s1. The van der Waals surface area contributed by atoms with Crippen molar-refractivity contribution < 1.29 is 13.5 Å². The number of imidazole rings is 1. The summed E-state index contributed by atoms with van der Waals surface area (Å²) in [6.45, 7) is 0.480. The monoisotopic (exact) mass is 321 g/mol. The van der Waals surface area contributed by atoms with E-state index in [1.807, 2.05) is 30.3 Å². The molecule has 0 amide bonds. The topological polar surface area (TPSA) is 86.3 Å². The van der Waals surface area contributed by atoms with Gasteiger partial charge in [0.25, 0.3) is 10.0 Å². The molecule has 1 saturated heterocycles. The van der Waals surface area contributed by atoms with Gasteiger partial charge in [-0.05, 0) is 24.8 Å². The van der Waals surface area contributed by atoms with E-state index in [9.17, 15) is 13.5 Å². The van der Waals surface area contributed by atoms with E-state index in [0.717, 1.165) is 18.4 Å². The van der Waals surface area contributed by atoms with Crippen molar-refractivity contribution in [1.82, 2.24) is 14.3 Å². The molecule has 0 bridgehead atoms. The highest BCUT2D eigenvalue weighted by Crippen LogP contribution is 2.31. The van der Waals surface area contributed by atoms with Crippen molar-refractivity contribution in [3.63, 3.8) is 0 Å². The number of rotatable bonds is 5. The molecule has 1 fully saturated rings. The molecule has 0 spiro atoms. The summed E-state index contributed by atoms with van der Waals surface area (Å²) in [4.78, 5) is 6.44. The van der Waals surface area contributed by atoms with Crippen LogP contribution < -0.4 is 0 Å². The van der Waals surface area contributed by atoms with E-state index in [1.165, 1.54) is 16.8 Å². The first-order chi connectivity index (χ1) is 10.6. The van der Waals surface area contributed by atoms with Gasteiger partial charge in [0.15, 0.2) is 5.03 Å². The summed E-state index contributed by atoms with van der Waals surface area (Å²) in [7, 11) is -3.57. The van der Waals surface area contributed by atoms with Gasteiger partial charge in [0.1, 0.15) is 0 Å². The molecule has 2 heterocycles. The van der Waals surface area contributed by atoms with Gasteiger partial charge in [0, 0.05) is 12.6 Å². The van der Waals surface area contributed by atoms with Crippen LogP contribution in [0.2, 0.25) is 0 Å². The second kappa shape index (κ2) is 6.20. The van der Waals surface area contributed by atoms with Gasteiger partial charge in [0.2, 0.25) is 0 Å². The Labute approximate surface area is 129 Å². The van der Waals surface area contributed by atoms with Crippen LogP contribution in [0.3, 0.4) is 0 Å². The highest BCUT2D eigenvalue weighted by molar-refractivity contribution is 7.89. The van der Waals surface area contributed by atoms with Crippen LogP contribution in [0.5, 0.6) is 0 Å². The van der Waals surface area contributed by atoms with Crippen molar-refractivity contribution in [2.24, 2.45) is 0 Å². The molecule has 1 aromatic carbocycles. The highest BCUT2D eigenvalue weighted by Gasteiger charge is 2.37. The van der Waals surface area contributed by atoms with Gasteiger partial charge >= 0.3 is 0 Å². The van der Waals surface area contributed by atoms with Crippen LogP contribution in [-0.2, 0) is 10.0 Å². The molecule has 3 rings (SSSR count). The molecular formula is C15H19N3O3S. The zero-order chi connectivity index (χ0) is 15.6. The fourth-order valence-corrected chi connectivity index (χ4v) is 4.54. The molecule has 1 aromatic heterocycles. The van der Waals surface area contributed by atoms with Gasteiger partial charge in [-0.15, -0.1) is 0 Å². The summed E-state index contributed by atoms with van der Waals surface area (Å²) >= 11 is 0. The molecule has 118 valence electrons. The normalized spacial score (nSPS) is 21.0. The smallest absolute Gasteiger partial charge is 0.260 e. The lowest BCUT2D eigenvalue weighted by atomic mass is 10.0. The minimum absolute atomic E-state index is 0.105. The van der Waals surface area contributed by atoms with Crippen LogP contribution in [0, 0.1) is 0 Å². The predicted octanol–water partition coefficient (Wildman–Crippen LogP) is 1.69. The van der Waals surface area contributed by atoms with Gasteiger partial charge in [0.05, 0.1) is 18.6 Å². The Hall–Kier alpha value is -1.70. The Kier molecular flexibility index (Phi) is 4.28. The Balaban J connectivity index is 1.77. The van der Waals surface area contributed by atoms with Crippen LogP contribution in [0.25, 0.3) is 0 Å². The second-order valence-corrected chi connectivity index (χ2v) is 7.35. The zero-order valence-corrected chi connectivity index (χ0v) is 12.9. The van der Waals surface area contributed by atoms with Gasteiger partial charge in [-0.25, -0.2) is 13.4 Å². The van der Waals surface area contributed by atoms with Gasteiger partial charge in [-0.2, -0.15) is 4.31 Å². The van der Waals surface area contributed by atoms with Gasteiger partial charge in [-0.3, -0.25) is 0 Å². The van der Waals surface area contributed by atoms with Crippen molar-refractivity contribution >= 4 is 10.0 Å². The molecule has 1 aliphatic rings. The number of aromatic nitrogens is 2. The highest BCUT2D eigenvalue weighted by atomic mass is 32.2. The summed E-state index contributed by atoms with van der Waals surface area (Å²) < 4.78 is 26.7. The summed E-state index contributed by atoms with van der Waals surface area (Å²) in [5, 5.41) is 10.5. The molecule has 0 unspecified atom stereocenters. The summed E-state index contributed by atoms with van der Waals surface area (Å²) in [6, 6.07) is 9.14. The van der Waals surface area contributed by atoms with E-state index in [1.54, 1.807) is 0 Å². The van der Waals surface area contributed by atoms with E-state index in [-0.39, 0.29) is 11.1 Å². The third-order valence-corrected chi connectivity index (χ3v) is 5.94. The van der Waals surface area contributed by atoms with Crippen LogP contribution in [0.1, 0.15) is 30.9 Å². The van der Waals surface area contributed by atoms with E-state index in [4.69, 9.17) is 0 Å². The van der Waals surface area contributed by atoms with Crippen molar-refractivity contribution in [2.75, 3.05) is 6.54 Å². The van der Waals surface area contributed by atoms with Gasteiger partial charge < -0.3 is 10.1 Å². The third-order valence-electron chi connectivity index (χ3n) is 4.06. The quantitative estimate of drug-likeness (QED) is 0.877. The molecule has 0 radical (unpaired) electrons. The Morgan fingerprint density at radius 2 is 2.14 bits per heavy atom. The Morgan fingerprint density at radius 1 is 1.36 bits per heavy atom. The number of aliphatic hydroxyl groups excluding tert-OH is 1. The van der Waals surface area contributed by atoms with Crippen LogP contribution in [0.4, 0.5) is 0 Å². The van der Waals surface area contributed by atoms with E-state index in [0.29, 0.717) is 13.0 Å². The first-order valence-corrected chi connectivity index (χ1v) is 8.76. The van der Waals surface area contributed by atoms with E-state index >= 15 is 0 Å².